The van der Waals surface area contributed by atoms with Gasteiger partial charge < -0.3 is 20.7 Å². The van der Waals surface area contributed by atoms with E-state index in [1.54, 1.807) is 0 Å². The summed E-state index contributed by atoms with van der Waals surface area (Å²) in [5.41, 5.74) is 4.92. The predicted molar refractivity (Wildman–Crippen MR) is 83.8 cm³/mol. The number of rotatable bonds is 5. The topological polar surface area (TPSA) is 123 Å². The fourth-order valence-electron chi connectivity index (χ4n) is 3.28. The van der Waals surface area contributed by atoms with Crippen LogP contribution in [0.25, 0.3) is 0 Å². The van der Waals surface area contributed by atoms with Gasteiger partial charge >= 0.3 is 5.69 Å². The zero-order valence-corrected chi connectivity index (χ0v) is 14.2. The van der Waals surface area contributed by atoms with Crippen LogP contribution in [-0.2, 0) is 10.1 Å². The Hall–Kier alpha value is -1.29. The number of hydrogen-bond acceptors (Lipinski definition) is 7. The minimum atomic E-state index is -2.16. The minimum Gasteiger partial charge on any atom is -0.394 e. The fraction of sp³-hybridized carbons (Fsp3) is 0.769. The number of nitrogens with two attached hydrogens (primary N) is 1. The molecule has 1 aliphatic heterocycles. The molecule has 1 aromatic rings. The number of nitrogen functional groups attached to an aromatic ring is 1. The lowest BCUT2D eigenvalue weighted by molar-refractivity contribution is -0.0766. The molecule has 1 saturated heterocycles. The molecule has 8 nitrogen and oxygen atoms in total. The van der Waals surface area contributed by atoms with Gasteiger partial charge in [-0.2, -0.15) is 4.98 Å². The quantitative estimate of drug-likeness (QED) is 0.632. The van der Waals surface area contributed by atoms with Crippen molar-refractivity contribution in [2.75, 3.05) is 12.3 Å². The summed E-state index contributed by atoms with van der Waals surface area (Å²) < 4.78 is 7.39. The lowest BCUT2D eigenvalue weighted by Gasteiger charge is -2.42. The Labute approximate surface area is 130 Å². The Morgan fingerprint density at radius 2 is 2.27 bits per heavy atom. The van der Waals surface area contributed by atoms with E-state index in [9.17, 15) is 15.0 Å². The summed E-state index contributed by atoms with van der Waals surface area (Å²) in [6, 6.07) is 0.898. The van der Waals surface area contributed by atoms with Gasteiger partial charge in [-0.1, -0.05) is 32.5 Å². The first-order chi connectivity index (χ1) is 10.3. The van der Waals surface area contributed by atoms with Crippen LogP contribution in [0.15, 0.2) is 11.1 Å². The van der Waals surface area contributed by atoms with Gasteiger partial charge in [-0.05, 0) is 0 Å². The lowest BCUT2D eigenvalue weighted by Crippen LogP contribution is -2.59. The minimum absolute atomic E-state index is 0.0939. The van der Waals surface area contributed by atoms with Crippen molar-refractivity contribution in [3.8, 4) is 0 Å². The van der Waals surface area contributed by atoms with Gasteiger partial charge in [0.2, 0.25) is 5.95 Å². The second kappa shape index (κ2) is 6.07. The van der Waals surface area contributed by atoms with Gasteiger partial charge in [0.1, 0.15) is 25.9 Å². The van der Waals surface area contributed by atoms with Crippen molar-refractivity contribution >= 4 is 14.0 Å². The summed E-state index contributed by atoms with van der Waals surface area (Å²) in [6.45, 7) is 5.97. The fourth-order valence-corrected chi connectivity index (χ4v) is 6.96. The van der Waals surface area contributed by atoms with E-state index >= 15 is 0 Å². The first kappa shape index (κ1) is 17.1. The number of aliphatic hydroxyl groups excluding tert-OH is 2. The van der Waals surface area contributed by atoms with E-state index < -0.39 is 31.3 Å². The van der Waals surface area contributed by atoms with Gasteiger partial charge in [-0.25, -0.2) is 9.78 Å². The second-order valence-electron chi connectivity index (χ2n) is 6.40. The third-order valence-electron chi connectivity index (χ3n) is 4.48. The maximum absolute atomic E-state index is 12.3. The number of ether oxygens (including phenoxy) is 1. The SMILES string of the molecule is CCC[Si](C)(C)[C@]1(n2cnc(N)nc2=O)C[C@H](O)[C@@H](CO)O1. The first-order valence-corrected chi connectivity index (χ1v) is 10.7. The van der Waals surface area contributed by atoms with Crippen LogP contribution in [0.2, 0.25) is 19.1 Å². The standard InChI is InChI=1S/C13H24N4O4Si/c1-4-5-22(2,3)13(6-9(19)10(7-18)21-13)17-8-15-11(14)16-12(17)20/h8-10,18-19H,4-7H2,1-3H3,(H2,14,16,20)/t9-,10+,13-/m0/s1. The van der Waals surface area contributed by atoms with E-state index in [0.717, 1.165) is 12.5 Å². The molecular formula is C13H24N4O4Si. The smallest absolute Gasteiger partial charge is 0.354 e. The van der Waals surface area contributed by atoms with Crippen LogP contribution in [0.1, 0.15) is 19.8 Å². The molecule has 124 valence electrons. The largest absolute Gasteiger partial charge is 0.394 e. The van der Waals surface area contributed by atoms with Crippen molar-refractivity contribution < 1.29 is 14.9 Å². The van der Waals surface area contributed by atoms with Crippen LogP contribution in [0.5, 0.6) is 0 Å². The Kier molecular flexibility index (Phi) is 4.71. The van der Waals surface area contributed by atoms with Crippen molar-refractivity contribution in [2.24, 2.45) is 0 Å². The molecule has 1 aliphatic rings. The van der Waals surface area contributed by atoms with Gasteiger partial charge in [0.15, 0.2) is 0 Å². The summed E-state index contributed by atoms with van der Waals surface area (Å²) in [5.74, 6) is -0.0939. The summed E-state index contributed by atoms with van der Waals surface area (Å²) in [6.07, 6.45) is 0.965. The summed E-state index contributed by atoms with van der Waals surface area (Å²) in [5, 5.41) is 18.7. The first-order valence-electron chi connectivity index (χ1n) is 7.46. The highest BCUT2D eigenvalue weighted by Crippen LogP contribution is 2.43. The van der Waals surface area contributed by atoms with E-state index in [1.807, 2.05) is 0 Å². The van der Waals surface area contributed by atoms with Gasteiger partial charge in [0.05, 0.1) is 12.7 Å². The molecule has 0 saturated carbocycles. The molecule has 4 N–H and O–H groups in total. The van der Waals surface area contributed by atoms with Gasteiger partial charge in [-0.3, -0.25) is 4.57 Å². The van der Waals surface area contributed by atoms with Gasteiger partial charge in [0, 0.05) is 6.42 Å². The number of aliphatic hydroxyl groups is 2. The van der Waals surface area contributed by atoms with Gasteiger partial charge in [0.25, 0.3) is 0 Å². The average molecular weight is 328 g/mol. The van der Waals surface area contributed by atoms with E-state index in [2.05, 4.69) is 30.0 Å². The highest BCUT2D eigenvalue weighted by atomic mass is 28.3. The van der Waals surface area contributed by atoms with Crippen molar-refractivity contribution in [1.82, 2.24) is 14.5 Å². The highest BCUT2D eigenvalue weighted by molar-refractivity contribution is 6.79. The zero-order chi connectivity index (χ0) is 16.5. The Morgan fingerprint density at radius 3 is 2.77 bits per heavy atom. The average Bonchev–Trinajstić information content (AvgIpc) is 2.77. The van der Waals surface area contributed by atoms with Crippen LogP contribution >= 0.6 is 0 Å². The molecule has 9 heteroatoms. The Bertz CT molecular complexity index is 594. The number of nitrogens with zero attached hydrogens (tertiary/aromatic N) is 3. The summed E-state index contributed by atoms with van der Waals surface area (Å²) >= 11 is 0. The molecule has 0 amide bonds. The molecule has 0 radical (unpaired) electrons. The summed E-state index contributed by atoms with van der Waals surface area (Å²) in [7, 11) is -2.16. The molecule has 2 heterocycles. The number of aromatic nitrogens is 3. The monoisotopic (exact) mass is 328 g/mol. The predicted octanol–water partition coefficient (Wildman–Crippen LogP) is -0.327. The molecule has 0 aliphatic carbocycles. The van der Waals surface area contributed by atoms with Gasteiger partial charge in [-0.15, -0.1) is 0 Å². The Morgan fingerprint density at radius 1 is 1.59 bits per heavy atom. The molecule has 1 fully saturated rings. The molecule has 0 spiro atoms. The second-order valence-corrected chi connectivity index (χ2v) is 11.4. The van der Waals surface area contributed by atoms with Crippen LogP contribution in [0.4, 0.5) is 5.95 Å². The van der Waals surface area contributed by atoms with Crippen LogP contribution in [0, 0.1) is 0 Å². The van der Waals surface area contributed by atoms with E-state index in [4.69, 9.17) is 10.5 Å². The maximum atomic E-state index is 12.3. The van der Waals surface area contributed by atoms with Crippen molar-refractivity contribution in [1.29, 1.82) is 0 Å². The Balaban J connectivity index is 2.59. The molecule has 3 atom stereocenters. The maximum Gasteiger partial charge on any atom is 0.354 e. The third-order valence-corrected chi connectivity index (χ3v) is 8.91. The summed E-state index contributed by atoms with van der Waals surface area (Å²) in [4.78, 5) is 19.9. The molecule has 0 bridgehead atoms. The lowest BCUT2D eigenvalue weighted by atomic mass is 10.2. The van der Waals surface area contributed by atoms with Crippen molar-refractivity contribution in [3.63, 3.8) is 0 Å². The third kappa shape index (κ3) is 2.69. The number of anilines is 1. The molecule has 2 rings (SSSR count). The molecule has 1 aromatic heterocycles. The van der Waals surface area contributed by atoms with Crippen molar-refractivity contribution in [2.45, 2.75) is 56.5 Å². The van der Waals surface area contributed by atoms with Crippen LogP contribution in [-0.4, -0.2) is 51.6 Å². The van der Waals surface area contributed by atoms with Crippen LogP contribution < -0.4 is 11.4 Å². The molecule has 0 aromatic carbocycles. The highest BCUT2D eigenvalue weighted by Gasteiger charge is 2.57. The van der Waals surface area contributed by atoms with Crippen molar-refractivity contribution in [3.05, 3.63) is 16.8 Å². The molecular weight excluding hydrogens is 304 g/mol. The number of hydrogen-bond donors (Lipinski definition) is 3. The molecule has 0 unspecified atom stereocenters. The normalized spacial score (nSPS) is 29.0. The van der Waals surface area contributed by atoms with E-state index in [-0.39, 0.29) is 19.0 Å². The van der Waals surface area contributed by atoms with E-state index in [0.29, 0.717) is 0 Å². The van der Waals surface area contributed by atoms with Crippen LogP contribution in [0.3, 0.4) is 0 Å². The zero-order valence-electron chi connectivity index (χ0n) is 13.2. The van der Waals surface area contributed by atoms with E-state index in [1.165, 1.54) is 10.9 Å². The molecule has 22 heavy (non-hydrogen) atoms.